The van der Waals surface area contributed by atoms with Crippen LogP contribution in [0.25, 0.3) is 11.1 Å². The lowest BCUT2D eigenvalue weighted by molar-refractivity contribution is -0.147. The van der Waals surface area contributed by atoms with Crippen molar-refractivity contribution in [2.75, 3.05) is 24.8 Å². The Morgan fingerprint density at radius 1 is 1.07 bits per heavy atom. The van der Waals surface area contributed by atoms with E-state index in [0.29, 0.717) is 11.6 Å². The van der Waals surface area contributed by atoms with Crippen molar-refractivity contribution in [1.82, 2.24) is 10.2 Å². The number of carbonyl (C=O) groups excluding carboxylic acids is 2. The van der Waals surface area contributed by atoms with Gasteiger partial charge >= 0.3 is 12.1 Å². The largest absolute Gasteiger partial charge is 0.480 e. The highest BCUT2D eigenvalue weighted by Crippen LogP contribution is 2.44. The van der Waals surface area contributed by atoms with Crippen molar-refractivity contribution in [3.63, 3.8) is 0 Å². The number of ether oxygens (including phenoxy) is 1. The van der Waals surface area contributed by atoms with Crippen LogP contribution in [0.2, 0.25) is 0 Å². The van der Waals surface area contributed by atoms with Gasteiger partial charge in [-0.1, -0.05) is 48.5 Å². The van der Waals surface area contributed by atoms with Crippen LogP contribution in [0.5, 0.6) is 0 Å². The molecule has 1 unspecified atom stereocenters. The summed E-state index contributed by atoms with van der Waals surface area (Å²) in [4.78, 5) is 36.8. The monoisotopic (exact) mass is 412 g/mol. The van der Waals surface area contributed by atoms with Crippen molar-refractivity contribution in [1.29, 1.82) is 0 Å². The first-order valence-corrected chi connectivity index (χ1v) is 10.4. The minimum Gasteiger partial charge on any atom is -0.480 e. The van der Waals surface area contributed by atoms with Crippen LogP contribution in [-0.2, 0) is 14.3 Å². The van der Waals surface area contributed by atoms with Gasteiger partial charge in [0.15, 0.2) is 0 Å². The Kier molecular flexibility index (Phi) is 5.44. The molecule has 2 amide bonds. The van der Waals surface area contributed by atoms with E-state index in [1.165, 1.54) is 16.7 Å². The summed E-state index contributed by atoms with van der Waals surface area (Å²) in [6, 6.07) is 15.2. The lowest BCUT2D eigenvalue weighted by Gasteiger charge is -2.20. The number of carbonyl (C=O) groups is 3. The van der Waals surface area contributed by atoms with E-state index < -0.39 is 24.0 Å². The van der Waals surface area contributed by atoms with E-state index in [1.807, 2.05) is 36.4 Å². The molecule has 1 aliphatic heterocycles. The van der Waals surface area contributed by atoms with Gasteiger partial charge in [0, 0.05) is 11.7 Å². The third kappa shape index (κ3) is 3.80. The number of nitrogens with one attached hydrogen (secondary N) is 1. The predicted molar refractivity (Wildman–Crippen MR) is 109 cm³/mol. The predicted octanol–water partition coefficient (Wildman–Crippen LogP) is 2.51. The zero-order chi connectivity index (χ0) is 20.4. The maximum Gasteiger partial charge on any atom is 0.407 e. The Morgan fingerprint density at radius 3 is 2.31 bits per heavy atom. The molecular formula is C21H20N2O5S. The van der Waals surface area contributed by atoms with Crippen LogP contribution in [0.3, 0.4) is 0 Å². The molecule has 29 heavy (non-hydrogen) atoms. The first kappa shape index (κ1) is 19.3. The summed E-state index contributed by atoms with van der Waals surface area (Å²) in [6.07, 6.45) is -0.695. The van der Waals surface area contributed by atoms with Gasteiger partial charge in [0.1, 0.15) is 19.2 Å². The van der Waals surface area contributed by atoms with Gasteiger partial charge in [0.05, 0.1) is 5.88 Å². The average molecular weight is 412 g/mol. The zero-order valence-electron chi connectivity index (χ0n) is 15.5. The zero-order valence-corrected chi connectivity index (χ0v) is 16.4. The summed E-state index contributed by atoms with van der Waals surface area (Å²) in [6.45, 7) is -0.133. The number of fused-ring (bicyclic) bond motifs is 3. The van der Waals surface area contributed by atoms with E-state index in [0.717, 1.165) is 22.3 Å². The molecule has 0 saturated carbocycles. The second kappa shape index (κ2) is 8.16. The van der Waals surface area contributed by atoms with Gasteiger partial charge in [-0.25, -0.2) is 9.59 Å². The quantitative estimate of drug-likeness (QED) is 0.784. The molecule has 8 heteroatoms. The van der Waals surface area contributed by atoms with Crippen LogP contribution in [0.1, 0.15) is 17.0 Å². The number of hydrogen-bond acceptors (Lipinski definition) is 5. The molecule has 2 aliphatic rings. The van der Waals surface area contributed by atoms with Crippen molar-refractivity contribution in [2.24, 2.45) is 0 Å². The number of amides is 2. The lowest BCUT2D eigenvalue weighted by Crippen LogP contribution is -2.46. The number of alkyl carbamates (subject to hydrolysis) is 1. The molecule has 1 atom stereocenters. The Balaban J connectivity index is 1.35. The summed E-state index contributed by atoms with van der Waals surface area (Å²) in [5.41, 5.74) is 4.49. The average Bonchev–Trinajstić information content (AvgIpc) is 3.34. The Hall–Kier alpha value is -3.00. The van der Waals surface area contributed by atoms with E-state index in [-0.39, 0.29) is 19.1 Å². The number of carboxylic acids is 1. The van der Waals surface area contributed by atoms with E-state index in [9.17, 15) is 14.4 Å². The Bertz CT molecular complexity index is 918. The molecule has 2 aromatic rings. The maximum atomic E-state index is 12.2. The number of thioether (sulfide) groups is 1. The van der Waals surface area contributed by atoms with Crippen LogP contribution >= 0.6 is 11.8 Å². The second-order valence-corrected chi connectivity index (χ2v) is 7.90. The lowest BCUT2D eigenvalue weighted by atomic mass is 9.98. The highest BCUT2D eigenvalue weighted by atomic mass is 32.2. The first-order valence-electron chi connectivity index (χ1n) is 9.25. The summed E-state index contributed by atoms with van der Waals surface area (Å²) < 4.78 is 5.38. The number of rotatable bonds is 5. The summed E-state index contributed by atoms with van der Waals surface area (Å²) in [5.74, 6) is -0.871. The van der Waals surface area contributed by atoms with E-state index in [4.69, 9.17) is 9.84 Å². The van der Waals surface area contributed by atoms with Gasteiger partial charge in [0.25, 0.3) is 0 Å². The molecule has 1 saturated heterocycles. The van der Waals surface area contributed by atoms with Gasteiger partial charge < -0.3 is 20.1 Å². The third-order valence-corrected chi connectivity index (χ3v) is 6.23. The van der Waals surface area contributed by atoms with E-state index in [1.54, 1.807) is 0 Å². The number of hydrogen-bond donors (Lipinski definition) is 2. The highest BCUT2D eigenvalue weighted by molar-refractivity contribution is 7.99. The first-order chi connectivity index (χ1) is 14.1. The number of aliphatic carboxylic acids is 1. The van der Waals surface area contributed by atoms with Crippen molar-refractivity contribution in [3.05, 3.63) is 59.7 Å². The molecule has 0 spiro atoms. The van der Waals surface area contributed by atoms with Crippen molar-refractivity contribution < 1.29 is 24.2 Å². The van der Waals surface area contributed by atoms with Crippen LogP contribution in [0.4, 0.5) is 4.79 Å². The van der Waals surface area contributed by atoms with Crippen LogP contribution in [-0.4, -0.2) is 58.8 Å². The number of carboxylic acid groups (broad SMARTS) is 1. The smallest absolute Gasteiger partial charge is 0.407 e. The molecule has 1 fully saturated rings. The van der Waals surface area contributed by atoms with Gasteiger partial charge in [-0.2, -0.15) is 0 Å². The SMILES string of the molecule is O=C(NCC(=O)N1CSCC1C(=O)O)OCC1c2ccccc2-c2ccccc21. The van der Waals surface area contributed by atoms with E-state index in [2.05, 4.69) is 17.4 Å². The molecule has 0 aromatic heterocycles. The second-order valence-electron chi connectivity index (χ2n) is 6.90. The van der Waals surface area contributed by atoms with Crippen molar-refractivity contribution >= 4 is 29.7 Å². The topological polar surface area (TPSA) is 95.9 Å². The summed E-state index contributed by atoms with van der Waals surface area (Å²) in [5, 5.41) is 11.6. The number of nitrogens with zero attached hydrogens (tertiary/aromatic N) is 1. The molecule has 2 N–H and O–H groups in total. The molecule has 7 nitrogen and oxygen atoms in total. The minimum atomic E-state index is -1.04. The fraction of sp³-hybridized carbons (Fsp3) is 0.286. The molecule has 4 rings (SSSR count). The van der Waals surface area contributed by atoms with Crippen molar-refractivity contribution in [2.45, 2.75) is 12.0 Å². The fourth-order valence-corrected chi connectivity index (χ4v) is 4.96. The molecule has 1 aliphatic carbocycles. The normalized spacial score (nSPS) is 17.5. The molecule has 150 valence electrons. The highest BCUT2D eigenvalue weighted by Gasteiger charge is 2.34. The minimum absolute atomic E-state index is 0.0600. The molecule has 1 heterocycles. The van der Waals surface area contributed by atoms with Crippen LogP contribution in [0, 0.1) is 0 Å². The van der Waals surface area contributed by atoms with Gasteiger partial charge in [-0.15, -0.1) is 11.8 Å². The standard InChI is InChI=1S/C21H20N2O5S/c24-19(23-12-29-11-18(23)20(25)26)9-22-21(27)28-10-17-15-7-3-1-5-13(15)14-6-2-4-8-16(14)17/h1-8,17-18H,9-12H2,(H,22,27)(H,25,26). The van der Waals surface area contributed by atoms with Crippen LogP contribution in [0.15, 0.2) is 48.5 Å². The maximum absolute atomic E-state index is 12.2. The molecule has 2 aromatic carbocycles. The Labute approximate surface area is 172 Å². The number of benzene rings is 2. The molecule has 0 bridgehead atoms. The Morgan fingerprint density at radius 2 is 1.69 bits per heavy atom. The van der Waals surface area contributed by atoms with Gasteiger partial charge in [-0.3, -0.25) is 4.79 Å². The third-order valence-electron chi connectivity index (χ3n) is 5.22. The van der Waals surface area contributed by atoms with Gasteiger partial charge in [0.2, 0.25) is 5.91 Å². The van der Waals surface area contributed by atoms with Gasteiger partial charge in [-0.05, 0) is 22.3 Å². The molecule has 0 radical (unpaired) electrons. The van der Waals surface area contributed by atoms with Crippen LogP contribution < -0.4 is 5.32 Å². The fourth-order valence-electron chi connectivity index (χ4n) is 3.79. The van der Waals surface area contributed by atoms with Crippen molar-refractivity contribution in [3.8, 4) is 11.1 Å². The van der Waals surface area contributed by atoms with E-state index >= 15 is 0 Å². The summed E-state index contributed by atoms with van der Waals surface area (Å²) in [7, 11) is 0. The summed E-state index contributed by atoms with van der Waals surface area (Å²) >= 11 is 1.38. The molecular weight excluding hydrogens is 392 g/mol.